The number of aliphatic carboxylic acids is 1. The molecular formula is C18H25NO3S. The second-order valence-corrected chi connectivity index (χ2v) is 7.56. The molecule has 1 N–H and O–H groups in total. The van der Waals surface area contributed by atoms with Crippen LogP contribution in [-0.4, -0.2) is 40.7 Å². The molecule has 2 atom stereocenters. The number of amides is 1. The number of carboxylic acid groups (broad SMARTS) is 1. The molecule has 1 aromatic rings. The van der Waals surface area contributed by atoms with Crippen LogP contribution in [-0.2, 0) is 9.59 Å². The van der Waals surface area contributed by atoms with Gasteiger partial charge in [0.25, 0.3) is 0 Å². The highest BCUT2D eigenvalue weighted by atomic mass is 32.2. The Bertz CT molecular complexity index is 588. The van der Waals surface area contributed by atoms with Gasteiger partial charge in [-0.25, -0.2) is 0 Å². The first-order valence-corrected chi connectivity index (χ1v) is 9.07. The van der Waals surface area contributed by atoms with Crippen LogP contribution in [0.3, 0.4) is 0 Å². The van der Waals surface area contributed by atoms with Crippen molar-refractivity contribution in [1.82, 2.24) is 4.90 Å². The van der Waals surface area contributed by atoms with Gasteiger partial charge in [0.1, 0.15) is 0 Å². The van der Waals surface area contributed by atoms with Crippen LogP contribution in [0, 0.1) is 25.7 Å². The number of hydrogen-bond donors (Lipinski definition) is 1. The van der Waals surface area contributed by atoms with Crippen molar-refractivity contribution >= 4 is 23.6 Å². The van der Waals surface area contributed by atoms with E-state index in [1.807, 2.05) is 11.8 Å². The van der Waals surface area contributed by atoms with Crippen molar-refractivity contribution < 1.29 is 14.7 Å². The van der Waals surface area contributed by atoms with E-state index in [2.05, 4.69) is 32.0 Å². The predicted molar refractivity (Wildman–Crippen MR) is 92.7 cm³/mol. The highest BCUT2D eigenvalue weighted by molar-refractivity contribution is 7.99. The van der Waals surface area contributed by atoms with E-state index in [-0.39, 0.29) is 17.7 Å². The molecule has 0 saturated carbocycles. The molecule has 4 nitrogen and oxygen atoms in total. The summed E-state index contributed by atoms with van der Waals surface area (Å²) in [5.41, 5.74) is 2.55. The molecule has 1 amide bonds. The summed E-state index contributed by atoms with van der Waals surface area (Å²) in [6.07, 6.45) is 1.06. The van der Waals surface area contributed by atoms with Crippen LogP contribution in [0.1, 0.15) is 30.9 Å². The van der Waals surface area contributed by atoms with Gasteiger partial charge < -0.3 is 10.0 Å². The van der Waals surface area contributed by atoms with Crippen molar-refractivity contribution in [3.8, 4) is 0 Å². The normalized spacial score (nSPS) is 21.3. The molecule has 126 valence electrons. The number of carbonyl (C=O) groups is 2. The third-order valence-electron chi connectivity index (χ3n) is 4.64. The smallest absolute Gasteiger partial charge is 0.306 e. The van der Waals surface area contributed by atoms with Gasteiger partial charge in [-0.2, -0.15) is 0 Å². The molecular weight excluding hydrogens is 310 g/mol. The molecule has 0 aromatic heterocycles. The quantitative estimate of drug-likeness (QED) is 0.838. The summed E-state index contributed by atoms with van der Waals surface area (Å²) in [6, 6.07) is 6.36. The van der Waals surface area contributed by atoms with E-state index in [1.165, 1.54) is 16.0 Å². The van der Waals surface area contributed by atoms with E-state index in [1.54, 1.807) is 11.8 Å². The largest absolute Gasteiger partial charge is 0.481 e. The minimum Gasteiger partial charge on any atom is -0.481 e. The Labute approximate surface area is 142 Å². The molecule has 0 aliphatic carbocycles. The average molecular weight is 335 g/mol. The lowest BCUT2D eigenvalue weighted by Gasteiger charge is -2.35. The lowest BCUT2D eigenvalue weighted by Crippen LogP contribution is -2.45. The fourth-order valence-electron chi connectivity index (χ4n) is 2.96. The Morgan fingerprint density at radius 3 is 2.65 bits per heavy atom. The number of benzene rings is 1. The van der Waals surface area contributed by atoms with Crippen molar-refractivity contribution in [3.05, 3.63) is 29.3 Å². The molecule has 1 aliphatic rings. The van der Waals surface area contributed by atoms with Crippen LogP contribution >= 0.6 is 11.8 Å². The predicted octanol–water partition coefficient (Wildman–Crippen LogP) is 3.35. The van der Waals surface area contributed by atoms with Crippen molar-refractivity contribution in [3.63, 3.8) is 0 Å². The maximum absolute atomic E-state index is 12.3. The Morgan fingerprint density at radius 1 is 1.30 bits per heavy atom. The maximum atomic E-state index is 12.3. The SMILES string of the molecule is Cc1ccc(SCCC(=O)N2CCC(C(=O)O)C(C)C2)cc1C. The molecule has 0 radical (unpaired) electrons. The summed E-state index contributed by atoms with van der Waals surface area (Å²) in [4.78, 5) is 26.4. The van der Waals surface area contributed by atoms with Crippen LogP contribution in [0.2, 0.25) is 0 Å². The molecule has 1 fully saturated rings. The Morgan fingerprint density at radius 2 is 2.04 bits per heavy atom. The van der Waals surface area contributed by atoms with Gasteiger partial charge in [-0.1, -0.05) is 13.0 Å². The van der Waals surface area contributed by atoms with Gasteiger partial charge in [0.05, 0.1) is 5.92 Å². The average Bonchev–Trinajstić information content (AvgIpc) is 2.50. The number of likely N-dealkylation sites (tertiary alicyclic amines) is 1. The van der Waals surface area contributed by atoms with Crippen molar-refractivity contribution in [2.24, 2.45) is 11.8 Å². The summed E-state index contributed by atoms with van der Waals surface area (Å²) >= 11 is 1.70. The number of carbonyl (C=O) groups excluding carboxylic acids is 1. The Hall–Kier alpha value is -1.49. The maximum Gasteiger partial charge on any atom is 0.306 e. The Kier molecular flexibility index (Phi) is 6.10. The van der Waals surface area contributed by atoms with Crippen LogP contribution in [0.4, 0.5) is 0 Å². The van der Waals surface area contributed by atoms with Gasteiger partial charge in [0, 0.05) is 30.2 Å². The summed E-state index contributed by atoms with van der Waals surface area (Å²) < 4.78 is 0. The van der Waals surface area contributed by atoms with Crippen LogP contribution in [0.5, 0.6) is 0 Å². The summed E-state index contributed by atoms with van der Waals surface area (Å²) in [5.74, 6) is -0.136. The van der Waals surface area contributed by atoms with E-state index < -0.39 is 5.97 Å². The third-order valence-corrected chi connectivity index (χ3v) is 5.63. The van der Waals surface area contributed by atoms with Crippen molar-refractivity contribution in [1.29, 1.82) is 0 Å². The van der Waals surface area contributed by atoms with E-state index >= 15 is 0 Å². The molecule has 1 aromatic carbocycles. The van der Waals surface area contributed by atoms with Gasteiger partial charge in [0.2, 0.25) is 5.91 Å². The number of carboxylic acids is 1. The molecule has 5 heteroatoms. The number of hydrogen-bond acceptors (Lipinski definition) is 3. The fourth-order valence-corrected chi connectivity index (χ4v) is 3.89. The molecule has 0 spiro atoms. The number of aryl methyl sites for hydroxylation is 2. The van der Waals surface area contributed by atoms with Crippen LogP contribution in [0.15, 0.2) is 23.1 Å². The van der Waals surface area contributed by atoms with Crippen LogP contribution in [0.25, 0.3) is 0 Å². The molecule has 1 heterocycles. The van der Waals surface area contributed by atoms with E-state index in [0.29, 0.717) is 25.9 Å². The second kappa shape index (κ2) is 7.86. The number of piperidine rings is 1. The fraction of sp³-hybridized carbons (Fsp3) is 0.556. The third kappa shape index (κ3) is 4.74. The van der Waals surface area contributed by atoms with Gasteiger partial charge in [-0.05, 0) is 49.4 Å². The van der Waals surface area contributed by atoms with Crippen LogP contribution < -0.4 is 0 Å². The molecule has 0 bridgehead atoms. The van der Waals surface area contributed by atoms with Gasteiger partial charge in [-0.15, -0.1) is 11.8 Å². The highest BCUT2D eigenvalue weighted by Crippen LogP contribution is 2.25. The molecule has 1 saturated heterocycles. The van der Waals surface area contributed by atoms with Crippen molar-refractivity contribution in [2.75, 3.05) is 18.8 Å². The topological polar surface area (TPSA) is 57.6 Å². The molecule has 2 unspecified atom stereocenters. The first-order valence-electron chi connectivity index (χ1n) is 8.09. The van der Waals surface area contributed by atoms with E-state index in [4.69, 9.17) is 5.11 Å². The van der Waals surface area contributed by atoms with E-state index in [9.17, 15) is 9.59 Å². The zero-order valence-corrected chi connectivity index (χ0v) is 14.9. The minimum atomic E-state index is -0.741. The zero-order chi connectivity index (χ0) is 17.0. The minimum absolute atomic E-state index is 0.0256. The molecule has 1 aliphatic heterocycles. The standard InChI is InChI=1S/C18H25NO3S/c1-12-4-5-15(10-13(12)2)23-9-7-17(20)19-8-6-16(18(21)22)14(3)11-19/h4-5,10,14,16H,6-9,11H2,1-3H3,(H,21,22). The number of rotatable bonds is 5. The van der Waals surface area contributed by atoms with Gasteiger partial charge in [-0.3, -0.25) is 9.59 Å². The Balaban J connectivity index is 1.79. The number of thioether (sulfide) groups is 1. The molecule has 2 rings (SSSR count). The summed E-state index contributed by atoms with van der Waals surface area (Å²) in [7, 11) is 0. The van der Waals surface area contributed by atoms with Crippen molar-refractivity contribution in [2.45, 2.75) is 38.5 Å². The lowest BCUT2D eigenvalue weighted by molar-refractivity contribution is -0.148. The lowest BCUT2D eigenvalue weighted by atomic mass is 9.87. The first-order chi connectivity index (χ1) is 10.9. The molecule has 23 heavy (non-hydrogen) atoms. The van der Waals surface area contributed by atoms with Gasteiger partial charge in [0.15, 0.2) is 0 Å². The van der Waals surface area contributed by atoms with E-state index in [0.717, 1.165) is 5.75 Å². The number of nitrogens with zero attached hydrogens (tertiary/aromatic N) is 1. The second-order valence-electron chi connectivity index (χ2n) is 6.39. The monoisotopic (exact) mass is 335 g/mol. The highest BCUT2D eigenvalue weighted by Gasteiger charge is 2.32. The summed E-state index contributed by atoms with van der Waals surface area (Å²) in [5, 5.41) is 9.14. The first kappa shape index (κ1) is 17.9. The van der Waals surface area contributed by atoms with Gasteiger partial charge >= 0.3 is 5.97 Å². The zero-order valence-electron chi connectivity index (χ0n) is 14.0. The summed E-state index contributed by atoms with van der Waals surface area (Å²) in [6.45, 7) is 7.23.